The minimum atomic E-state index is -0.322. The number of anilines is 1. The van der Waals surface area contributed by atoms with E-state index < -0.39 is 0 Å². The van der Waals surface area contributed by atoms with E-state index in [1.807, 2.05) is 0 Å². The first-order valence-electron chi connectivity index (χ1n) is 4.29. The lowest BCUT2D eigenvalue weighted by molar-refractivity contribution is -0.114. The summed E-state index contributed by atoms with van der Waals surface area (Å²) in [5.41, 5.74) is -0.0122. The Labute approximate surface area is 84.4 Å². The summed E-state index contributed by atoms with van der Waals surface area (Å²) in [6.07, 6.45) is 1.53. The number of amides is 1. The van der Waals surface area contributed by atoms with E-state index in [-0.39, 0.29) is 17.4 Å². The number of aromatic amines is 1. The van der Waals surface area contributed by atoms with Crippen LogP contribution in [-0.4, -0.2) is 20.9 Å². The molecule has 0 aliphatic rings. The molecule has 0 aromatic carbocycles. The predicted molar refractivity (Wildman–Crippen MR) is 54.5 cm³/mol. The average molecular weight is 204 g/mol. The van der Waals surface area contributed by atoms with Gasteiger partial charge in [0.2, 0.25) is 11.9 Å². The van der Waals surface area contributed by atoms with Crippen molar-refractivity contribution in [2.75, 3.05) is 5.32 Å². The molecule has 2 heterocycles. The first kappa shape index (κ1) is 9.32. The van der Waals surface area contributed by atoms with E-state index in [2.05, 4.69) is 20.3 Å². The Balaban J connectivity index is 2.62. The zero-order valence-corrected chi connectivity index (χ0v) is 7.94. The van der Waals surface area contributed by atoms with Crippen molar-refractivity contribution in [3.63, 3.8) is 0 Å². The number of carbonyl (C=O) groups excluding carboxylic acids is 1. The van der Waals surface area contributed by atoms with Crippen LogP contribution in [0.15, 0.2) is 23.1 Å². The normalized spacial score (nSPS) is 10.2. The number of H-pyrrole nitrogens is 1. The molecule has 2 aromatic heterocycles. The molecule has 0 radical (unpaired) electrons. The third-order valence-electron chi connectivity index (χ3n) is 1.78. The van der Waals surface area contributed by atoms with Crippen molar-refractivity contribution in [2.24, 2.45) is 0 Å². The molecule has 0 aliphatic heterocycles. The van der Waals surface area contributed by atoms with Crippen LogP contribution in [0.3, 0.4) is 0 Å². The standard InChI is InChI=1S/C9H8N4O2/c1-5(14)11-9-12-7-6(8(15)13-9)3-2-4-10-7/h2-4H,1H3,(H2,10,11,12,13,14,15). The molecule has 0 aliphatic carbocycles. The number of hydrogen-bond donors (Lipinski definition) is 2. The lowest BCUT2D eigenvalue weighted by atomic mass is 10.3. The zero-order valence-electron chi connectivity index (χ0n) is 7.94. The van der Waals surface area contributed by atoms with Crippen molar-refractivity contribution >= 4 is 22.9 Å². The fourth-order valence-corrected chi connectivity index (χ4v) is 1.20. The molecule has 76 valence electrons. The highest BCUT2D eigenvalue weighted by atomic mass is 16.1. The lowest BCUT2D eigenvalue weighted by Crippen LogP contribution is -2.16. The summed E-state index contributed by atoms with van der Waals surface area (Å²) in [5, 5.41) is 2.79. The quantitative estimate of drug-likeness (QED) is 0.698. The number of rotatable bonds is 1. The minimum Gasteiger partial charge on any atom is -0.296 e. The molecule has 15 heavy (non-hydrogen) atoms. The number of carbonyl (C=O) groups is 1. The monoisotopic (exact) mass is 204 g/mol. The summed E-state index contributed by atoms with van der Waals surface area (Å²) in [6, 6.07) is 3.27. The van der Waals surface area contributed by atoms with Crippen LogP contribution in [-0.2, 0) is 4.79 Å². The molecule has 0 bridgehead atoms. The largest absolute Gasteiger partial charge is 0.296 e. The van der Waals surface area contributed by atoms with E-state index in [9.17, 15) is 9.59 Å². The van der Waals surface area contributed by atoms with Crippen molar-refractivity contribution in [1.82, 2.24) is 15.0 Å². The van der Waals surface area contributed by atoms with E-state index in [1.165, 1.54) is 13.1 Å². The maximum atomic E-state index is 11.5. The predicted octanol–water partition coefficient (Wildman–Crippen LogP) is 0.276. The molecule has 2 rings (SSSR count). The smallest absolute Gasteiger partial charge is 0.261 e. The molecular formula is C9H8N4O2. The van der Waals surface area contributed by atoms with Crippen LogP contribution in [0.25, 0.3) is 11.0 Å². The summed E-state index contributed by atoms with van der Waals surface area (Å²) < 4.78 is 0. The van der Waals surface area contributed by atoms with E-state index in [4.69, 9.17) is 0 Å². The Hall–Kier alpha value is -2.24. The van der Waals surface area contributed by atoms with Gasteiger partial charge in [-0.3, -0.25) is 19.9 Å². The van der Waals surface area contributed by atoms with Gasteiger partial charge in [0.1, 0.15) is 0 Å². The van der Waals surface area contributed by atoms with E-state index in [0.29, 0.717) is 11.0 Å². The van der Waals surface area contributed by atoms with Gasteiger partial charge < -0.3 is 0 Å². The summed E-state index contributed by atoms with van der Waals surface area (Å²) in [6.45, 7) is 1.34. The van der Waals surface area contributed by atoms with E-state index >= 15 is 0 Å². The van der Waals surface area contributed by atoms with Gasteiger partial charge in [-0.1, -0.05) is 0 Å². The molecule has 0 saturated carbocycles. The van der Waals surface area contributed by atoms with Crippen LogP contribution >= 0.6 is 0 Å². The van der Waals surface area contributed by atoms with Crippen LogP contribution in [0.4, 0.5) is 5.95 Å². The van der Waals surface area contributed by atoms with Gasteiger partial charge >= 0.3 is 0 Å². The van der Waals surface area contributed by atoms with E-state index in [1.54, 1.807) is 12.1 Å². The van der Waals surface area contributed by atoms with Crippen molar-refractivity contribution < 1.29 is 4.79 Å². The van der Waals surface area contributed by atoms with Gasteiger partial charge in [0.15, 0.2) is 5.65 Å². The Bertz CT molecular complexity index is 576. The van der Waals surface area contributed by atoms with Crippen LogP contribution in [0.2, 0.25) is 0 Å². The van der Waals surface area contributed by atoms with Crippen molar-refractivity contribution in [3.05, 3.63) is 28.7 Å². The first-order chi connectivity index (χ1) is 7.16. The van der Waals surface area contributed by atoms with Crippen molar-refractivity contribution in [2.45, 2.75) is 6.92 Å². The average Bonchev–Trinajstić information content (AvgIpc) is 2.16. The number of nitrogens with one attached hydrogen (secondary N) is 2. The fraction of sp³-hybridized carbons (Fsp3) is 0.111. The highest BCUT2D eigenvalue weighted by Crippen LogP contribution is 2.04. The third kappa shape index (κ3) is 1.83. The molecule has 6 nitrogen and oxygen atoms in total. The van der Waals surface area contributed by atoms with Gasteiger partial charge in [0, 0.05) is 13.1 Å². The van der Waals surface area contributed by atoms with E-state index in [0.717, 1.165) is 0 Å². The molecule has 1 amide bonds. The number of aromatic nitrogens is 3. The van der Waals surface area contributed by atoms with Gasteiger partial charge in [-0.2, -0.15) is 4.98 Å². The van der Waals surface area contributed by atoms with Crippen molar-refractivity contribution in [1.29, 1.82) is 0 Å². The second kappa shape index (κ2) is 3.49. The molecule has 0 unspecified atom stereocenters. The number of hydrogen-bond acceptors (Lipinski definition) is 4. The molecule has 0 saturated heterocycles. The van der Waals surface area contributed by atoms with Crippen LogP contribution < -0.4 is 10.9 Å². The maximum absolute atomic E-state index is 11.5. The molecule has 6 heteroatoms. The number of fused-ring (bicyclic) bond motifs is 1. The summed E-state index contributed by atoms with van der Waals surface area (Å²) in [4.78, 5) is 32.6. The van der Waals surface area contributed by atoms with Crippen LogP contribution in [0, 0.1) is 0 Å². The van der Waals surface area contributed by atoms with Gasteiger partial charge in [0.05, 0.1) is 5.39 Å². The Morgan fingerprint density at radius 2 is 2.33 bits per heavy atom. The molecule has 2 aromatic rings. The Morgan fingerprint density at radius 1 is 1.53 bits per heavy atom. The SMILES string of the molecule is CC(=O)Nc1nc2ncccc2c(=O)[nH]1. The summed E-state index contributed by atoms with van der Waals surface area (Å²) in [7, 11) is 0. The maximum Gasteiger partial charge on any atom is 0.261 e. The second-order valence-electron chi connectivity index (χ2n) is 2.97. The highest BCUT2D eigenvalue weighted by molar-refractivity contribution is 5.87. The van der Waals surface area contributed by atoms with Crippen LogP contribution in [0.5, 0.6) is 0 Å². The topological polar surface area (TPSA) is 87.7 Å². The van der Waals surface area contributed by atoms with Gasteiger partial charge in [-0.15, -0.1) is 0 Å². The fourth-order valence-electron chi connectivity index (χ4n) is 1.20. The van der Waals surface area contributed by atoms with Gasteiger partial charge in [0.25, 0.3) is 5.56 Å². The van der Waals surface area contributed by atoms with Gasteiger partial charge in [-0.05, 0) is 12.1 Å². The number of nitrogens with zero attached hydrogens (tertiary/aromatic N) is 2. The lowest BCUT2D eigenvalue weighted by Gasteiger charge is -2.01. The highest BCUT2D eigenvalue weighted by Gasteiger charge is 2.04. The van der Waals surface area contributed by atoms with Crippen LogP contribution in [0.1, 0.15) is 6.92 Å². The van der Waals surface area contributed by atoms with Crippen molar-refractivity contribution in [3.8, 4) is 0 Å². The molecule has 2 N–H and O–H groups in total. The summed E-state index contributed by atoms with van der Waals surface area (Å²) >= 11 is 0. The first-order valence-corrected chi connectivity index (χ1v) is 4.29. The second-order valence-corrected chi connectivity index (χ2v) is 2.97. The third-order valence-corrected chi connectivity index (χ3v) is 1.78. The summed E-state index contributed by atoms with van der Waals surface area (Å²) in [5.74, 6) is -0.188. The van der Waals surface area contributed by atoms with Gasteiger partial charge in [-0.25, -0.2) is 4.98 Å². The molecular weight excluding hydrogens is 196 g/mol. The Morgan fingerprint density at radius 3 is 3.07 bits per heavy atom. The molecule has 0 fully saturated rings. The minimum absolute atomic E-state index is 0.110. The Kier molecular flexibility index (Phi) is 2.17. The molecule has 0 spiro atoms. The zero-order chi connectivity index (χ0) is 10.8. The molecule has 0 atom stereocenters. The number of pyridine rings is 1.